The van der Waals surface area contributed by atoms with Crippen LogP contribution < -0.4 is 0 Å². The summed E-state index contributed by atoms with van der Waals surface area (Å²) in [5.74, 6) is 0.835. The van der Waals surface area contributed by atoms with Gasteiger partial charge in [0.1, 0.15) is 5.58 Å². The molecule has 0 saturated heterocycles. The smallest absolute Gasteiger partial charge is 0.185 e. The number of benzene rings is 1. The monoisotopic (exact) mass is 246 g/mol. The minimum atomic E-state index is 0.173. The zero-order valence-corrected chi connectivity index (χ0v) is 10.5. The maximum atomic E-state index is 10.7. The minimum absolute atomic E-state index is 0.173. The maximum absolute atomic E-state index is 10.7. The molecule has 0 atom stereocenters. The van der Waals surface area contributed by atoms with Crippen LogP contribution in [0.3, 0.4) is 0 Å². The number of hydrogen-bond donors (Lipinski definition) is 0. The number of furan rings is 1. The first-order chi connectivity index (χ1) is 8.27. The van der Waals surface area contributed by atoms with E-state index in [9.17, 15) is 4.79 Å². The van der Waals surface area contributed by atoms with Crippen LogP contribution in [-0.4, -0.2) is 10.9 Å². The van der Waals surface area contributed by atoms with Gasteiger partial charge < -0.3 is 4.42 Å². The predicted molar refractivity (Wildman–Crippen MR) is 73.0 cm³/mol. The van der Waals surface area contributed by atoms with E-state index in [1.807, 2.05) is 30.3 Å². The molecule has 0 aliphatic heterocycles. The molecule has 0 bridgehead atoms. The average molecular weight is 246 g/mol. The Labute approximate surface area is 105 Å². The maximum Gasteiger partial charge on any atom is 0.185 e. The summed E-state index contributed by atoms with van der Waals surface area (Å²) in [6.45, 7) is 1.60. The zero-order chi connectivity index (χ0) is 12.1. The average Bonchev–Trinajstić information content (AvgIpc) is 2.72. The Kier molecular flexibility index (Phi) is 4.04. The summed E-state index contributed by atoms with van der Waals surface area (Å²) in [5, 5.41) is 1.30. The Bertz CT molecular complexity index is 540. The van der Waals surface area contributed by atoms with Gasteiger partial charge >= 0.3 is 0 Å². The fourth-order valence-corrected chi connectivity index (χ4v) is 2.15. The van der Waals surface area contributed by atoms with E-state index in [1.54, 1.807) is 13.2 Å². The molecule has 17 heavy (non-hydrogen) atoms. The first-order valence-corrected chi connectivity index (χ1v) is 6.52. The van der Waals surface area contributed by atoms with Crippen molar-refractivity contribution in [3.05, 3.63) is 42.2 Å². The molecule has 0 aliphatic carbocycles. The Morgan fingerprint density at radius 1 is 1.41 bits per heavy atom. The van der Waals surface area contributed by atoms with Gasteiger partial charge in [0.05, 0.1) is 6.26 Å². The van der Waals surface area contributed by atoms with Crippen molar-refractivity contribution >= 4 is 33.9 Å². The fourth-order valence-electron chi connectivity index (χ4n) is 1.61. The third kappa shape index (κ3) is 3.24. The summed E-state index contributed by atoms with van der Waals surface area (Å²) in [4.78, 5) is 10.7. The van der Waals surface area contributed by atoms with E-state index in [2.05, 4.69) is 6.08 Å². The second-order valence-corrected chi connectivity index (χ2v) is 4.99. The van der Waals surface area contributed by atoms with Gasteiger partial charge in [-0.25, -0.2) is 0 Å². The van der Waals surface area contributed by atoms with Gasteiger partial charge in [-0.15, -0.1) is 0 Å². The van der Waals surface area contributed by atoms with Crippen LogP contribution in [0.1, 0.15) is 18.9 Å². The van der Waals surface area contributed by atoms with E-state index in [-0.39, 0.29) is 5.12 Å². The highest BCUT2D eigenvalue weighted by Crippen LogP contribution is 2.21. The van der Waals surface area contributed by atoms with Gasteiger partial charge in [-0.3, -0.25) is 4.79 Å². The molecule has 0 amide bonds. The van der Waals surface area contributed by atoms with Gasteiger partial charge in [-0.2, -0.15) is 0 Å². The molecule has 0 aliphatic rings. The Morgan fingerprint density at radius 3 is 3.06 bits per heavy atom. The lowest BCUT2D eigenvalue weighted by molar-refractivity contribution is -0.109. The van der Waals surface area contributed by atoms with Crippen molar-refractivity contribution < 1.29 is 9.21 Å². The van der Waals surface area contributed by atoms with Crippen LogP contribution in [0.25, 0.3) is 17.0 Å². The van der Waals surface area contributed by atoms with Gasteiger partial charge in [0.2, 0.25) is 0 Å². The van der Waals surface area contributed by atoms with Crippen LogP contribution in [0.4, 0.5) is 0 Å². The molecule has 0 unspecified atom stereocenters. The number of fused-ring (bicyclic) bond motifs is 1. The predicted octanol–water partition coefficient (Wildman–Crippen LogP) is 4.12. The highest BCUT2D eigenvalue weighted by molar-refractivity contribution is 8.13. The van der Waals surface area contributed by atoms with Crippen molar-refractivity contribution in [2.24, 2.45) is 0 Å². The first kappa shape index (κ1) is 12.0. The van der Waals surface area contributed by atoms with Crippen molar-refractivity contribution in [3.63, 3.8) is 0 Å². The molecule has 0 fully saturated rings. The van der Waals surface area contributed by atoms with Crippen molar-refractivity contribution in [3.8, 4) is 0 Å². The summed E-state index contributed by atoms with van der Waals surface area (Å²) in [7, 11) is 0. The third-order valence-electron chi connectivity index (χ3n) is 2.40. The fraction of sp³-hybridized carbons (Fsp3) is 0.214. The minimum Gasteiger partial charge on any atom is -0.464 e. The Hall–Kier alpha value is -1.48. The van der Waals surface area contributed by atoms with Crippen LogP contribution in [0.15, 0.2) is 41.0 Å². The largest absolute Gasteiger partial charge is 0.464 e. The van der Waals surface area contributed by atoms with Gasteiger partial charge in [0.15, 0.2) is 5.12 Å². The van der Waals surface area contributed by atoms with E-state index in [0.717, 1.165) is 28.7 Å². The number of thioether (sulfide) groups is 1. The van der Waals surface area contributed by atoms with Gasteiger partial charge in [0, 0.05) is 23.6 Å². The van der Waals surface area contributed by atoms with Crippen LogP contribution >= 0.6 is 11.8 Å². The van der Waals surface area contributed by atoms with Crippen LogP contribution in [0.5, 0.6) is 0 Å². The van der Waals surface area contributed by atoms with Crippen LogP contribution in [0.2, 0.25) is 0 Å². The number of hydrogen-bond acceptors (Lipinski definition) is 3. The molecule has 0 saturated carbocycles. The highest BCUT2D eigenvalue weighted by atomic mass is 32.2. The van der Waals surface area contributed by atoms with E-state index < -0.39 is 0 Å². The number of carbonyl (C=O) groups excluding carboxylic acids is 1. The van der Waals surface area contributed by atoms with E-state index >= 15 is 0 Å². The molecule has 88 valence electrons. The molecule has 1 heterocycles. The summed E-state index contributed by atoms with van der Waals surface area (Å²) in [6, 6.07) is 7.96. The summed E-state index contributed by atoms with van der Waals surface area (Å²) in [6.07, 6.45) is 6.78. The number of rotatable bonds is 4. The summed E-state index contributed by atoms with van der Waals surface area (Å²) >= 11 is 1.36. The van der Waals surface area contributed by atoms with Crippen molar-refractivity contribution in [2.75, 3.05) is 5.75 Å². The first-order valence-electron chi connectivity index (χ1n) is 5.53. The van der Waals surface area contributed by atoms with Crippen LogP contribution in [-0.2, 0) is 4.79 Å². The molecular weight excluding hydrogens is 232 g/mol. The molecule has 2 aromatic rings. The number of carbonyl (C=O) groups is 1. The van der Waals surface area contributed by atoms with Gasteiger partial charge in [0.25, 0.3) is 0 Å². The van der Waals surface area contributed by atoms with Gasteiger partial charge in [-0.05, 0) is 12.5 Å². The quantitative estimate of drug-likeness (QED) is 0.760. The normalized spacial score (nSPS) is 11.4. The molecule has 0 N–H and O–H groups in total. The number of allylic oxidation sites excluding steroid dienone is 1. The molecule has 1 aromatic heterocycles. The Morgan fingerprint density at radius 2 is 2.24 bits per heavy atom. The second-order valence-electron chi connectivity index (χ2n) is 3.72. The topological polar surface area (TPSA) is 30.2 Å². The summed E-state index contributed by atoms with van der Waals surface area (Å²) < 4.78 is 5.43. The molecule has 0 spiro atoms. The van der Waals surface area contributed by atoms with Crippen molar-refractivity contribution in [1.82, 2.24) is 0 Å². The Balaban J connectivity index is 1.98. The lowest BCUT2D eigenvalue weighted by Crippen LogP contribution is -1.83. The molecule has 2 rings (SSSR count). The molecule has 2 nitrogen and oxygen atoms in total. The molecule has 0 radical (unpaired) electrons. The molecular formula is C14H14O2S. The van der Waals surface area contributed by atoms with Crippen molar-refractivity contribution in [2.45, 2.75) is 13.3 Å². The molecule has 3 heteroatoms. The third-order valence-corrected chi connectivity index (χ3v) is 3.24. The SMILES string of the molecule is CC(=O)SCCC=Cc1coc2ccccc12. The second kappa shape index (κ2) is 5.73. The lowest BCUT2D eigenvalue weighted by Gasteiger charge is -1.91. The van der Waals surface area contributed by atoms with Crippen LogP contribution in [0, 0.1) is 0 Å². The zero-order valence-electron chi connectivity index (χ0n) is 9.68. The van der Waals surface area contributed by atoms with Gasteiger partial charge in [-0.1, -0.05) is 42.1 Å². The highest BCUT2D eigenvalue weighted by Gasteiger charge is 2.00. The molecule has 1 aromatic carbocycles. The van der Waals surface area contributed by atoms with E-state index in [1.165, 1.54) is 11.8 Å². The van der Waals surface area contributed by atoms with E-state index in [0.29, 0.717) is 0 Å². The van der Waals surface area contributed by atoms with Crippen molar-refractivity contribution in [1.29, 1.82) is 0 Å². The summed E-state index contributed by atoms with van der Waals surface area (Å²) in [5.41, 5.74) is 2.00. The number of para-hydroxylation sites is 1. The van der Waals surface area contributed by atoms with E-state index in [4.69, 9.17) is 4.42 Å². The standard InChI is InChI=1S/C14H14O2S/c1-11(15)17-9-5-4-6-12-10-16-14-8-3-2-7-13(12)14/h2-4,6-8,10H,5,9H2,1H3. The lowest BCUT2D eigenvalue weighted by atomic mass is 10.1.